The van der Waals surface area contributed by atoms with Gasteiger partial charge in [0.25, 0.3) is 0 Å². The highest BCUT2D eigenvalue weighted by Gasteiger charge is 2.06. The summed E-state index contributed by atoms with van der Waals surface area (Å²) in [6.07, 6.45) is 0. The van der Waals surface area contributed by atoms with Gasteiger partial charge in [0.2, 0.25) is 0 Å². The van der Waals surface area contributed by atoms with Crippen LogP contribution in [0.3, 0.4) is 0 Å². The van der Waals surface area contributed by atoms with Crippen LogP contribution < -0.4 is 5.32 Å². The van der Waals surface area contributed by atoms with Crippen LogP contribution in [0.15, 0.2) is 36.4 Å². The molecule has 1 heterocycles. The van der Waals surface area contributed by atoms with Crippen LogP contribution in [0.2, 0.25) is 5.02 Å². The molecule has 0 radical (unpaired) electrons. The zero-order valence-corrected chi connectivity index (χ0v) is 11.1. The molecule has 0 bridgehead atoms. The highest BCUT2D eigenvalue weighted by Crippen LogP contribution is 2.23. The van der Waals surface area contributed by atoms with Crippen LogP contribution in [0.5, 0.6) is 0 Å². The number of carboxylic acids is 1. The Bertz CT molecular complexity index is 614. The fourth-order valence-electron chi connectivity index (χ4n) is 1.68. The normalized spacial score (nSPS) is 10.2. The van der Waals surface area contributed by atoms with E-state index in [1.54, 1.807) is 12.1 Å². The number of anilines is 1. The number of hydrogen-bond acceptors (Lipinski definition) is 3. The van der Waals surface area contributed by atoms with Crippen LogP contribution in [-0.4, -0.2) is 16.1 Å². The van der Waals surface area contributed by atoms with Crippen molar-refractivity contribution in [3.05, 3.63) is 58.4 Å². The van der Waals surface area contributed by atoms with E-state index in [1.165, 1.54) is 6.07 Å². The Hall–Kier alpha value is -2.07. The first-order valence-electron chi connectivity index (χ1n) is 5.76. The molecule has 2 aromatic rings. The molecular formula is C14H13ClN2O2. The van der Waals surface area contributed by atoms with E-state index in [4.69, 9.17) is 16.7 Å². The molecule has 0 saturated heterocycles. The smallest absolute Gasteiger partial charge is 0.354 e. The predicted octanol–water partition coefficient (Wildman–Crippen LogP) is 3.35. The third-order valence-electron chi connectivity index (χ3n) is 2.75. The van der Waals surface area contributed by atoms with E-state index in [2.05, 4.69) is 10.3 Å². The number of pyridine rings is 1. The van der Waals surface area contributed by atoms with Gasteiger partial charge < -0.3 is 10.4 Å². The molecule has 1 aromatic carbocycles. The number of nitrogens with one attached hydrogen (secondary N) is 1. The van der Waals surface area contributed by atoms with Gasteiger partial charge in [-0.2, -0.15) is 0 Å². The summed E-state index contributed by atoms with van der Waals surface area (Å²) in [5.74, 6) is -1.03. The Morgan fingerprint density at radius 1 is 1.32 bits per heavy atom. The summed E-state index contributed by atoms with van der Waals surface area (Å²) >= 11 is 6.03. The van der Waals surface area contributed by atoms with E-state index in [0.29, 0.717) is 17.3 Å². The standard InChI is InChI=1S/C14H13ClN2O2/c1-9-11(15)5-3-6-12(9)16-8-10-4-2-7-13(17-10)14(18)19/h2-7,16H,8H2,1H3,(H,18,19). The number of rotatable bonds is 4. The van der Waals surface area contributed by atoms with Crippen LogP contribution in [0.1, 0.15) is 21.7 Å². The quantitative estimate of drug-likeness (QED) is 0.899. The number of aromatic carboxylic acids is 1. The van der Waals surface area contributed by atoms with Gasteiger partial charge in [-0.05, 0) is 36.8 Å². The molecule has 19 heavy (non-hydrogen) atoms. The van der Waals surface area contributed by atoms with Gasteiger partial charge in [-0.15, -0.1) is 0 Å². The lowest BCUT2D eigenvalue weighted by Crippen LogP contribution is -2.07. The molecule has 1 aromatic heterocycles. The van der Waals surface area contributed by atoms with Crippen LogP contribution in [0.4, 0.5) is 5.69 Å². The Balaban J connectivity index is 2.12. The summed E-state index contributed by atoms with van der Waals surface area (Å²) in [4.78, 5) is 14.9. The van der Waals surface area contributed by atoms with Gasteiger partial charge in [-0.25, -0.2) is 9.78 Å². The van der Waals surface area contributed by atoms with Crippen molar-refractivity contribution in [1.29, 1.82) is 0 Å². The largest absolute Gasteiger partial charge is 0.477 e. The van der Waals surface area contributed by atoms with Gasteiger partial charge in [0, 0.05) is 10.7 Å². The highest BCUT2D eigenvalue weighted by atomic mass is 35.5. The molecule has 0 amide bonds. The number of halogens is 1. The molecule has 0 aliphatic rings. The summed E-state index contributed by atoms with van der Waals surface area (Å²) in [6, 6.07) is 10.5. The molecule has 2 N–H and O–H groups in total. The second kappa shape index (κ2) is 5.71. The van der Waals surface area contributed by atoms with E-state index in [0.717, 1.165) is 11.3 Å². The van der Waals surface area contributed by atoms with Crippen molar-refractivity contribution in [3.63, 3.8) is 0 Å². The van der Waals surface area contributed by atoms with Gasteiger partial charge in [0.15, 0.2) is 0 Å². The van der Waals surface area contributed by atoms with Gasteiger partial charge in [0.05, 0.1) is 12.2 Å². The van der Waals surface area contributed by atoms with Crippen molar-refractivity contribution in [1.82, 2.24) is 4.98 Å². The molecule has 0 aliphatic carbocycles. The summed E-state index contributed by atoms with van der Waals surface area (Å²) in [7, 11) is 0. The Kier molecular flexibility index (Phi) is 4.02. The number of aromatic nitrogens is 1. The van der Waals surface area contributed by atoms with Crippen LogP contribution >= 0.6 is 11.6 Å². The predicted molar refractivity (Wildman–Crippen MR) is 74.7 cm³/mol. The Morgan fingerprint density at radius 3 is 2.79 bits per heavy atom. The van der Waals surface area contributed by atoms with E-state index in [9.17, 15) is 4.79 Å². The second-order valence-electron chi connectivity index (χ2n) is 4.09. The SMILES string of the molecule is Cc1c(Cl)cccc1NCc1cccc(C(=O)O)n1. The maximum absolute atomic E-state index is 10.8. The number of benzene rings is 1. The van der Waals surface area contributed by atoms with Crippen LogP contribution in [0.25, 0.3) is 0 Å². The lowest BCUT2D eigenvalue weighted by atomic mass is 10.2. The number of carboxylic acid groups (broad SMARTS) is 1. The minimum absolute atomic E-state index is 0.0436. The van der Waals surface area contributed by atoms with E-state index >= 15 is 0 Å². The topological polar surface area (TPSA) is 62.2 Å². The molecule has 98 valence electrons. The third-order valence-corrected chi connectivity index (χ3v) is 3.16. The molecule has 2 rings (SSSR count). The molecule has 4 nitrogen and oxygen atoms in total. The lowest BCUT2D eigenvalue weighted by Gasteiger charge is -2.10. The van der Waals surface area contributed by atoms with Crippen molar-refractivity contribution >= 4 is 23.3 Å². The third kappa shape index (κ3) is 3.23. The van der Waals surface area contributed by atoms with Crippen molar-refractivity contribution in [2.45, 2.75) is 13.5 Å². The number of hydrogen-bond donors (Lipinski definition) is 2. The molecule has 0 spiro atoms. The first kappa shape index (κ1) is 13.4. The zero-order valence-electron chi connectivity index (χ0n) is 10.4. The fraction of sp³-hybridized carbons (Fsp3) is 0.143. The van der Waals surface area contributed by atoms with Crippen LogP contribution in [-0.2, 0) is 6.54 Å². The van der Waals surface area contributed by atoms with Crippen molar-refractivity contribution < 1.29 is 9.90 Å². The molecule has 0 saturated carbocycles. The monoisotopic (exact) mass is 276 g/mol. The van der Waals surface area contributed by atoms with Gasteiger partial charge >= 0.3 is 5.97 Å². The lowest BCUT2D eigenvalue weighted by molar-refractivity contribution is 0.0690. The second-order valence-corrected chi connectivity index (χ2v) is 4.49. The Morgan fingerprint density at radius 2 is 2.05 bits per heavy atom. The van der Waals surface area contributed by atoms with Crippen molar-refractivity contribution in [3.8, 4) is 0 Å². The average Bonchev–Trinajstić information content (AvgIpc) is 2.41. The maximum Gasteiger partial charge on any atom is 0.354 e. The zero-order chi connectivity index (χ0) is 13.8. The molecule has 5 heteroatoms. The number of nitrogens with zero attached hydrogens (tertiary/aromatic N) is 1. The van der Waals surface area contributed by atoms with Crippen molar-refractivity contribution in [2.75, 3.05) is 5.32 Å². The summed E-state index contributed by atoms with van der Waals surface area (Å²) in [5, 5.41) is 12.8. The van der Waals surface area contributed by atoms with E-state index in [1.807, 2.05) is 25.1 Å². The molecule has 0 fully saturated rings. The average molecular weight is 277 g/mol. The van der Waals surface area contributed by atoms with Gasteiger partial charge in [0.1, 0.15) is 5.69 Å². The first-order valence-corrected chi connectivity index (χ1v) is 6.14. The summed E-state index contributed by atoms with van der Waals surface area (Å²) in [5.41, 5.74) is 2.58. The van der Waals surface area contributed by atoms with Crippen molar-refractivity contribution in [2.24, 2.45) is 0 Å². The van der Waals surface area contributed by atoms with Crippen LogP contribution in [0, 0.1) is 6.92 Å². The summed E-state index contributed by atoms with van der Waals surface area (Å²) < 4.78 is 0. The van der Waals surface area contributed by atoms with E-state index < -0.39 is 5.97 Å². The fourth-order valence-corrected chi connectivity index (χ4v) is 1.86. The minimum atomic E-state index is -1.03. The molecule has 0 aliphatic heterocycles. The summed E-state index contributed by atoms with van der Waals surface area (Å²) in [6.45, 7) is 2.37. The van der Waals surface area contributed by atoms with Gasteiger partial charge in [-0.1, -0.05) is 23.7 Å². The van der Waals surface area contributed by atoms with Gasteiger partial charge in [-0.3, -0.25) is 0 Å². The molecule has 0 unspecified atom stereocenters. The van der Waals surface area contributed by atoms with E-state index in [-0.39, 0.29) is 5.69 Å². The minimum Gasteiger partial charge on any atom is -0.477 e. The first-order chi connectivity index (χ1) is 9.08. The number of carbonyl (C=O) groups is 1. The highest BCUT2D eigenvalue weighted by molar-refractivity contribution is 6.31. The molecule has 0 atom stereocenters. The Labute approximate surface area is 116 Å². The maximum atomic E-state index is 10.8. The molecular weight excluding hydrogens is 264 g/mol.